The molecule has 21 heavy (non-hydrogen) atoms. The molecule has 1 aromatic carbocycles. The third-order valence-corrected chi connectivity index (χ3v) is 5.26. The summed E-state index contributed by atoms with van der Waals surface area (Å²) in [5.41, 5.74) is 7.32. The predicted molar refractivity (Wildman–Crippen MR) is 81.8 cm³/mol. The summed E-state index contributed by atoms with van der Waals surface area (Å²) < 4.78 is 5.15. The van der Waals surface area contributed by atoms with Crippen LogP contribution < -0.4 is 15.8 Å². The van der Waals surface area contributed by atoms with E-state index in [1.807, 2.05) is 31.2 Å². The maximum absolute atomic E-state index is 12.5. The van der Waals surface area contributed by atoms with Crippen LogP contribution in [0.5, 0.6) is 5.75 Å². The smallest absolute Gasteiger partial charge is 0.225 e. The summed E-state index contributed by atoms with van der Waals surface area (Å²) in [7, 11) is 1.65. The van der Waals surface area contributed by atoms with Gasteiger partial charge in [0.25, 0.3) is 0 Å². The first-order chi connectivity index (χ1) is 10.1. The van der Waals surface area contributed by atoms with Gasteiger partial charge in [0.15, 0.2) is 0 Å². The zero-order valence-electron chi connectivity index (χ0n) is 12.7. The minimum atomic E-state index is -0.00488. The average Bonchev–Trinajstić information content (AvgIpc) is 3.08. The Hall–Kier alpha value is -1.55. The zero-order valence-corrected chi connectivity index (χ0v) is 12.7. The molecule has 0 aromatic heterocycles. The van der Waals surface area contributed by atoms with Crippen LogP contribution >= 0.6 is 0 Å². The summed E-state index contributed by atoms with van der Waals surface area (Å²) >= 11 is 0. The van der Waals surface area contributed by atoms with Crippen molar-refractivity contribution in [1.29, 1.82) is 0 Å². The molecule has 0 aliphatic heterocycles. The van der Waals surface area contributed by atoms with Gasteiger partial charge in [-0.25, -0.2) is 0 Å². The standard InChI is InChI=1S/C17H24N2O2/c1-10(11-5-7-14(21-2)8-6-11)19-17(20)15-12-3-4-13(9-12)16(15)18/h5-8,10,12-13,15-16H,3-4,9,18H2,1-2H3,(H,19,20)/t10-,12?,13?,15?,16?/m0/s1. The number of ether oxygens (including phenoxy) is 1. The van der Waals surface area contributed by atoms with Crippen molar-refractivity contribution >= 4 is 5.91 Å². The minimum absolute atomic E-state index is 0.00412. The van der Waals surface area contributed by atoms with E-state index in [-0.39, 0.29) is 23.9 Å². The van der Waals surface area contributed by atoms with E-state index in [0.717, 1.165) is 24.2 Å². The lowest BCUT2D eigenvalue weighted by Gasteiger charge is -2.28. The molecule has 0 saturated heterocycles. The average molecular weight is 288 g/mol. The van der Waals surface area contributed by atoms with Crippen molar-refractivity contribution in [2.24, 2.45) is 23.5 Å². The van der Waals surface area contributed by atoms with Gasteiger partial charge in [0.05, 0.1) is 19.1 Å². The summed E-state index contributed by atoms with van der Waals surface area (Å²) in [6.45, 7) is 2.01. The number of carbonyl (C=O) groups is 1. The first-order valence-corrected chi connectivity index (χ1v) is 7.80. The summed E-state index contributed by atoms with van der Waals surface area (Å²) in [6, 6.07) is 7.86. The second-order valence-corrected chi connectivity index (χ2v) is 6.44. The Bertz CT molecular complexity index is 512. The molecule has 3 rings (SSSR count). The second kappa shape index (κ2) is 5.68. The fourth-order valence-corrected chi connectivity index (χ4v) is 4.01. The predicted octanol–water partition coefficient (Wildman–Crippen LogP) is 2.25. The number of rotatable bonds is 4. The zero-order chi connectivity index (χ0) is 15.0. The number of methoxy groups -OCH3 is 1. The molecule has 0 radical (unpaired) electrons. The fourth-order valence-electron chi connectivity index (χ4n) is 4.01. The lowest BCUT2D eigenvalue weighted by molar-refractivity contribution is -0.127. The van der Waals surface area contributed by atoms with E-state index in [1.54, 1.807) is 7.11 Å². The number of hydrogen-bond acceptors (Lipinski definition) is 3. The number of fused-ring (bicyclic) bond motifs is 2. The first kappa shape index (κ1) is 14.4. The third kappa shape index (κ3) is 2.64. The fraction of sp³-hybridized carbons (Fsp3) is 0.588. The molecule has 1 amide bonds. The lowest BCUT2D eigenvalue weighted by atomic mass is 9.84. The van der Waals surface area contributed by atoms with Gasteiger partial charge in [0.2, 0.25) is 5.91 Å². The Kier molecular flexibility index (Phi) is 3.89. The van der Waals surface area contributed by atoms with Crippen LogP contribution in [0.1, 0.15) is 37.8 Å². The van der Waals surface area contributed by atoms with E-state index >= 15 is 0 Å². The summed E-state index contributed by atoms with van der Waals surface area (Å²) in [5, 5.41) is 3.13. The quantitative estimate of drug-likeness (QED) is 0.893. The van der Waals surface area contributed by atoms with E-state index in [4.69, 9.17) is 10.5 Å². The van der Waals surface area contributed by atoms with Crippen LogP contribution in [-0.2, 0) is 4.79 Å². The van der Waals surface area contributed by atoms with Gasteiger partial charge < -0.3 is 15.8 Å². The van der Waals surface area contributed by atoms with Gasteiger partial charge in [-0.2, -0.15) is 0 Å². The Morgan fingerprint density at radius 2 is 1.95 bits per heavy atom. The molecule has 0 heterocycles. The molecule has 2 bridgehead atoms. The maximum atomic E-state index is 12.5. The number of hydrogen-bond donors (Lipinski definition) is 2. The van der Waals surface area contributed by atoms with E-state index in [2.05, 4.69) is 5.32 Å². The molecule has 1 aromatic rings. The highest BCUT2D eigenvalue weighted by atomic mass is 16.5. The Morgan fingerprint density at radius 3 is 2.52 bits per heavy atom. The number of nitrogens with one attached hydrogen (secondary N) is 1. The van der Waals surface area contributed by atoms with Gasteiger partial charge in [0.1, 0.15) is 5.75 Å². The molecule has 4 unspecified atom stereocenters. The number of nitrogens with two attached hydrogens (primary N) is 1. The molecule has 114 valence electrons. The summed E-state index contributed by atoms with van der Waals surface area (Å²) in [5.74, 6) is 2.00. The van der Waals surface area contributed by atoms with Crippen molar-refractivity contribution in [2.75, 3.05) is 7.11 Å². The molecule has 3 N–H and O–H groups in total. The Balaban J connectivity index is 1.64. The number of carbonyl (C=O) groups excluding carboxylic acids is 1. The molecular formula is C17H24N2O2. The normalized spacial score (nSPS) is 32.0. The highest BCUT2D eigenvalue weighted by Crippen LogP contribution is 2.47. The molecular weight excluding hydrogens is 264 g/mol. The van der Waals surface area contributed by atoms with Crippen molar-refractivity contribution in [3.8, 4) is 5.75 Å². The van der Waals surface area contributed by atoms with E-state index in [0.29, 0.717) is 11.8 Å². The van der Waals surface area contributed by atoms with Gasteiger partial charge in [-0.15, -0.1) is 0 Å². The van der Waals surface area contributed by atoms with Crippen molar-refractivity contribution in [3.05, 3.63) is 29.8 Å². The largest absolute Gasteiger partial charge is 0.497 e. The summed E-state index contributed by atoms with van der Waals surface area (Å²) in [4.78, 5) is 12.5. The first-order valence-electron chi connectivity index (χ1n) is 7.80. The molecule has 5 atom stereocenters. The van der Waals surface area contributed by atoms with Crippen molar-refractivity contribution in [2.45, 2.75) is 38.3 Å². The molecule has 2 aliphatic rings. The Morgan fingerprint density at radius 1 is 1.29 bits per heavy atom. The number of amides is 1. The van der Waals surface area contributed by atoms with E-state index < -0.39 is 0 Å². The molecule has 4 heteroatoms. The topological polar surface area (TPSA) is 64.3 Å². The van der Waals surface area contributed by atoms with E-state index in [9.17, 15) is 4.79 Å². The van der Waals surface area contributed by atoms with Crippen molar-refractivity contribution in [1.82, 2.24) is 5.32 Å². The van der Waals surface area contributed by atoms with Crippen LogP contribution in [0.3, 0.4) is 0 Å². The van der Waals surface area contributed by atoms with Crippen molar-refractivity contribution in [3.63, 3.8) is 0 Å². The van der Waals surface area contributed by atoms with Crippen LogP contribution in [0, 0.1) is 17.8 Å². The van der Waals surface area contributed by atoms with Crippen LogP contribution in [-0.4, -0.2) is 19.1 Å². The minimum Gasteiger partial charge on any atom is -0.497 e. The highest BCUT2D eigenvalue weighted by Gasteiger charge is 2.49. The molecule has 0 spiro atoms. The maximum Gasteiger partial charge on any atom is 0.225 e. The second-order valence-electron chi connectivity index (χ2n) is 6.44. The summed E-state index contributed by atoms with van der Waals surface area (Å²) in [6.07, 6.45) is 3.49. The number of benzene rings is 1. The molecule has 4 nitrogen and oxygen atoms in total. The van der Waals surface area contributed by atoms with Gasteiger partial charge in [-0.1, -0.05) is 12.1 Å². The molecule has 2 aliphatic carbocycles. The van der Waals surface area contributed by atoms with E-state index in [1.165, 1.54) is 6.42 Å². The van der Waals surface area contributed by atoms with Crippen LogP contribution in [0.25, 0.3) is 0 Å². The lowest BCUT2D eigenvalue weighted by Crippen LogP contribution is -2.45. The van der Waals surface area contributed by atoms with Gasteiger partial charge in [-0.3, -0.25) is 4.79 Å². The van der Waals surface area contributed by atoms with Crippen molar-refractivity contribution < 1.29 is 9.53 Å². The molecule has 2 saturated carbocycles. The monoisotopic (exact) mass is 288 g/mol. The van der Waals surface area contributed by atoms with Gasteiger partial charge >= 0.3 is 0 Å². The third-order valence-electron chi connectivity index (χ3n) is 5.26. The van der Waals surface area contributed by atoms with Crippen LogP contribution in [0.2, 0.25) is 0 Å². The Labute approximate surface area is 126 Å². The van der Waals surface area contributed by atoms with Gasteiger partial charge in [0, 0.05) is 6.04 Å². The SMILES string of the molecule is COc1ccc([C@H](C)NC(=O)C2C3CCC(C3)C2N)cc1. The van der Waals surface area contributed by atoms with Crippen LogP contribution in [0.15, 0.2) is 24.3 Å². The van der Waals surface area contributed by atoms with Gasteiger partial charge in [-0.05, 0) is 55.7 Å². The molecule has 2 fully saturated rings. The van der Waals surface area contributed by atoms with Crippen LogP contribution in [0.4, 0.5) is 0 Å². The highest BCUT2D eigenvalue weighted by molar-refractivity contribution is 5.80.